The number of benzene rings is 1. The molecule has 5 nitrogen and oxygen atoms in total. The third-order valence-electron chi connectivity index (χ3n) is 0.936. The molecule has 1 aromatic carbocycles. The van der Waals surface area contributed by atoms with Crippen LogP contribution in [0.5, 0.6) is 0 Å². The van der Waals surface area contributed by atoms with E-state index < -0.39 is 0 Å². The zero-order valence-electron chi connectivity index (χ0n) is 9.47. The first kappa shape index (κ1) is 29.9. The van der Waals surface area contributed by atoms with Gasteiger partial charge >= 0.3 is 0 Å². The lowest BCUT2D eigenvalue weighted by Gasteiger charge is -1.81. The van der Waals surface area contributed by atoms with E-state index in [1.165, 1.54) is 0 Å². The van der Waals surface area contributed by atoms with Crippen LogP contribution in [0.15, 0.2) is 43.0 Å². The summed E-state index contributed by atoms with van der Waals surface area (Å²) in [7, 11) is 0. The van der Waals surface area contributed by atoms with Crippen molar-refractivity contribution in [2.75, 3.05) is 0 Å². The summed E-state index contributed by atoms with van der Waals surface area (Å²) in [6.07, 6.45) is 4.08. The summed E-state index contributed by atoms with van der Waals surface area (Å²) in [5, 5.41) is 10.8. The molecular formula is C14H22N2O3. The second-order valence-electron chi connectivity index (χ2n) is 2.14. The topological polar surface area (TPSA) is 98.9 Å². The van der Waals surface area contributed by atoms with Crippen LogP contribution in [0, 0.1) is 10.8 Å². The largest absolute Gasteiger partial charge is 0.298 e. The highest BCUT2D eigenvalue weighted by Crippen LogP contribution is 1.91. The van der Waals surface area contributed by atoms with Crippen LogP contribution >= 0.6 is 0 Å². The first-order valence-corrected chi connectivity index (χ1v) is 4.33. The molecule has 5 heteroatoms. The molecule has 106 valence electrons. The van der Waals surface area contributed by atoms with E-state index >= 15 is 0 Å². The second kappa shape index (κ2) is 36.1. The number of isocyanates is 2. The minimum Gasteiger partial charge on any atom is -0.298 e. The number of rotatable bonds is 1. The number of carbonyl (C=O) groups excluding carboxylic acids is 3. The third-order valence-corrected chi connectivity index (χ3v) is 0.936. The maximum Gasteiger partial charge on any atom is 0.231 e. The van der Waals surface area contributed by atoms with Gasteiger partial charge < -0.3 is 0 Å². The molecule has 0 heterocycles. The van der Waals surface area contributed by atoms with Crippen LogP contribution in [0.25, 0.3) is 0 Å². The highest BCUT2D eigenvalue weighted by molar-refractivity contribution is 5.74. The molecule has 2 N–H and O–H groups in total. The normalized spacial score (nSPS) is 5.11. The zero-order valence-corrected chi connectivity index (χ0v) is 9.47. The van der Waals surface area contributed by atoms with E-state index in [1.54, 1.807) is 18.2 Å². The van der Waals surface area contributed by atoms with Crippen molar-refractivity contribution in [2.45, 2.75) is 21.8 Å². The van der Waals surface area contributed by atoms with E-state index in [1.807, 2.05) is 25.1 Å². The number of hydrogen-bond acceptors (Lipinski definition) is 5. The Hall–Kier alpha value is -2.61. The molecule has 0 aliphatic rings. The fourth-order valence-electron chi connectivity index (χ4n) is 0.532. The summed E-state index contributed by atoms with van der Waals surface area (Å²) >= 11 is 0. The van der Waals surface area contributed by atoms with Gasteiger partial charge in [0.05, 0.1) is 0 Å². The molecule has 1 rings (SSSR count). The van der Waals surface area contributed by atoms with Crippen molar-refractivity contribution in [1.29, 1.82) is 10.8 Å². The van der Waals surface area contributed by atoms with Crippen molar-refractivity contribution in [2.24, 2.45) is 0 Å². The van der Waals surface area contributed by atoms with Crippen LogP contribution in [0.1, 0.15) is 32.1 Å². The fourth-order valence-corrected chi connectivity index (χ4v) is 0.532. The van der Waals surface area contributed by atoms with Gasteiger partial charge in [-0.15, -0.1) is 6.58 Å². The molecule has 0 aliphatic heterocycles. The van der Waals surface area contributed by atoms with Crippen molar-refractivity contribution in [3.05, 3.63) is 48.6 Å². The maximum atomic E-state index is 10.0. The van der Waals surface area contributed by atoms with Crippen LogP contribution in [0.2, 0.25) is 0 Å². The molecule has 0 amide bonds. The van der Waals surface area contributed by atoms with Crippen LogP contribution in [-0.4, -0.2) is 18.4 Å². The first-order chi connectivity index (χ1) is 8.17. The van der Waals surface area contributed by atoms with Crippen molar-refractivity contribution < 1.29 is 14.4 Å². The monoisotopic (exact) mass is 266 g/mol. The molecule has 0 saturated heterocycles. The first-order valence-electron chi connectivity index (χ1n) is 4.33. The summed E-state index contributed by atoms with van der Waals surface area (Å²) < 4.78 is 0. The second-order valence-corrected chi connectivity index (χ2v) is 2.14. The number of allylic oxidation sites excluding steroid dienone is 1. The minimum atomic E-state index is 0. The van der Waals surface area contributed by atoms with Gasteiger partial charge in [-0.25, -0.2) is 20.4 Å². The Morgan fingerprint density at radius 1 is 1.05 bits per heavy atom. The zero-order chi connectivity index (χ0) is 13.9. The van der Waals surface area contributed by atoms with E-state index in [9.17, 15) is 4.79 Å². The molecular weight excluding hydrogens is 244 g/mol. The minimum absolute atomic E-state index is 0. The molecule has 0 unspecified atom stereocenters. The molecule has 0 aliphatic carbocycles. The van der Waals surface area contributed by atoms with Gasteiger partial charge in [0.25, 0.3) is 0 Å². The van der Waals surface area contributed by atoms with Crippen molar-refractivity contribution in [3.63, 3.8) is 0 Å². The molecule has 0 atom stereocenters. The Morgan fingerprint density at radius 3 is 1.47 bits per heavy atom. The van der Waals surface area contributed by atoms with Crippen LogP contribution in [-0.2, 0) is 9.59 Å². The number of hydrogen-bond donors (Lipinski definition) is 2. The molecule has 0 radical (unpaired) electrons. The van der Waals surface area contributed by atoms with Gasteiger partial charge in [0.1, 0.15) is 6.29 Å². The lowest BCUT2D eigenvalue weighted by atomic mass is 10.2. The van der Waals surface area contributed by atoms with Crippen LogP contribution in [0.4, 0.5) is 0 Å². The highest BCUT2D eigenvalue weighted by Gasteiger charge is 1.79. The Balaban J connectivity index is -0.0000000514. The Kier molecular flexibility index (Phi) is 56.9. The quantitative estimate of drug-likeness (QED) is 0.350. The van der Waals surface area contributed by atoms with E-state index in [4.69, 9.17) is 20.4 Å². The van der Waals surface area contributed by atoms with Crippen LogP contribution < -0.4 is 0 Å². The summed E-state index contributed by atoms with van der Waals surface area (Å²) in [5.41, 5.74) is 0.729. The molecule has 19 heavy (non-hydrogen) atoms. The number of nitrogens with one attached hydrogen (secondary N) is 2. The average Bonchev–Trinajstić information content (AvgIpc) is 2.33. The smallest absolute Gasteiger partial charge is 0.231 e. The fraction of sp³-hybridized carbons (Fsp3) is 0.214. The predicted molar refractivity (Wildman–Crippen MR) is 78.0 cm³/mol. The van der Waals surface area contributed by atoms with Crippen molar-refractivity contribution in [1.82, 2.24) is 0 Å². The van der Waals surface area contributed by atoms with Gasteiger partial charge in [-0.2, -0.15) is 0 Å². The van der Waals surface area contributed by atoms with Gasteiger partial charge in [0.15, 0.2) is 0 Å². The predicted octanol–water partition coefficient (Wildman–Crippen LogP) is 3.77. The van der Waals surface area contributed by atoms with Gasteiger partial charge in [-0.1, -0.05) is 51.3 Å². The standard InChI is InChI=1S/C7H6O.C3H6.2CHNO.2CH4/c8-6-7-4-2-1-3-5-7;1-3-2;2*2-1-3;;/h1-6H;3H,1H2,2H3;2*2H;2*1H4. The third kappa shape index (κ3) is 50.5. The van der Waals surface area contributed by atoms with Gasteiger partial charge in [-0.05, 0) is 6.92 Å². The summed E-state index contributed by atoms with van der Waals surface area (Å²) in [6, 6.07) is 9.10. The van der Waals surface area contributed by atoms with Gasteiger partial charge in [0.2, 0.25) is 12.2 Å². The van der Waals surface area contributed by atoms with E-state index in [0.29, 0.717) is 0 Å². The average molecular weight is 266 g/mol. The lowest BCUT2D eigenvalue weighted by Crippen LogP contribution is -1.73. The Morgan fingerprint density at radius 2 is 1.32 bits per heavy atom. The molecule has 0 spiro atoms. The summed E-state index contributed by atoms with van der Waals surface area (Å²) in [6.45, 7) is 5.25. The summed E-state index contributed by atoms with van der Waals surface area (Å²) in [4.78, 5) is 26.7. The number of carbonyl (C=O) groups is 1. The van der Waals surface area contributed by atoms with Gasteiger partial charge in [0, 0.05) is 5.56 Å². The van der Waals surface area contributed by atoms with E-state index in [2.05, 4.69) is 6.58 Å². The molecule has 0 bridgehead atoms. The lowest BCUT2D eigenvalue weighted by molar-refractivity contribution is 0.112. The van der Waals surface area contributed by atoms with Crippen LogP contribution in [0.3, 0.4) is 0 Å². The van der Waals surface area contributed by atoms with E-state index in [0.717, 1.165) is 24.0 Å². The molecule has 0 aromatic heterocycles. The van der Waals surface area contributed by atoms with E-state index in [-0.39, 0.29) is 14.9 Å². The highest BCUT2D eigenvalue weighted by atomic mass is 16.1. The van der Waals surface area contributed by atoms with Crippen molar-refractivity contribution >= 4 is 18.4 Å². The Bertz CT molecular complexity index is 338. The SMILES string of the molecule is C.C.C=CC.N=C=O.N=C=O.O=Cc1ccccc1. The number of aldehydes is 1. The van der Waals surface area contributed by atoms with Gasteiger partial charge in [-0.3, -0.25) is 4.79 Å². The molecule has 1 aromatic rings. The maximum absolute atomic E-state index is 10.0. The Labute approximate surface area is 115 Å². The van der Waals surface area contributed by atoms with Crippen molar-refractivity contribution in [3.8, 4) is 0 Å². The summed E-state index contributed by atoms with van der Waals surface area (Å²) in [5.74, 6) is 0. The molecule has 0 fully saturated rings. The molecule has 0 saturated carbocycles.